The molecule has 0 fully saturated rings. The zero-order valence-corrected chi connectivity index (χ0v) is 16.8. The van der Waals surface area contributed by atoms with Gasteiger partial charge in [-0.05, 0) is 41.6 Å². The fourth-order valence-corrected chi connectivity index (χ4v) is 4.30. The van der Waals surface area contributed by atoms with E-state index < -0.39 is 5.56 Å². The number of thiophene rings is 1. The van der Waals surface area contributed by atoms with E-state index >= 15 is 0 Å². The summed E-state index contributed by atoms with van der Waals surface area (Å²) in [5, 5.41) is 6.23. The molecule has 142 valence electrons. The zero-order chi connectivity index (χ0) is 19.5. The van der Waals surface area contributed by atoms with Crippen molar-refractivity contribution in [3.05, 3.63) is 83.2 Å². The lowest BCUT2D eigenvalue weighted by Gasteiger charge is -2.05. The number of ether oxygens (including phenoxy) is 1. The van der Waals surface area contributed by atoms with Gasteiger partial charge in [-0.1, -0.05) is 36.5 Å². The molecule has 0 unspecified atom stereocenters. The number of nitrogens with zero attached hydrogens (tertiary/aromatic N) is 3. The Balaban J connectivity index is 1.67. The summed E-state index contributed by atoms with van der Waals surface area (Å²) in [6.07, 6.45) is 3.05. The van der Waals surface area contributed by atoms with Gasteiger partial charge in [0.05, 0.1) is 11.1 Å². The van der Waals surface area contributed by atoms with E-state index in [-0.39, 0.29) is 11.3 Å². The van der Waals surface area contributed by atoms with Gasteiger partial charge in [-0.25, -0.2) is 0 Å². The lowest BCUT2D eigenvalue weighted by atomic mass is 10.1. The second-order valence-electron chi connectivity index (χ2n) is 6.16. The predicted octanol–water partition coefficient (Wildman–Crippen LogP) is 2.50. The van der Waals surface area contributed by atoms with Crippen molar-refractivity contribution in [3.63, 3.8) is 0 Å². The van der Waals surface area contributed by atoms with Crippen LogP contribution in [0, 0.1) is 0 Å². The second-order valence-corrected chi connectivity index (χ2v) is 8.15. The maximum absolute atomic E-state index is 12.6. The average Bonchev–Trinajstić information content (AvgIpc) is 3.31. The fraction of sp³-hybridized carbons (Fsp3) is 0.200. The number of thiazole rings is 1. The Morgan fingerprint density at radius 2 is 2.00 bits per heavy atom. The lowest BCUT2D eigenvalue weighted by Crippen LogP contribution is -2.27. The largest absolute Gasteiger partial charge is 0.494 e. The summed E-state index contributed by atoms with van der Waals surface area (Å²) < 4.78 is 7.30. The fourth-order valence-electron chi connectivity index (χ4n) is 2.67. The minimum absolute atomic E-state index is 0.248. The summed E-state index contributed by atoms with van der Waals surface area (Å²) in [5.74, 6) is 0.789. The summed E-state index contributed by atoms with van der Waals surface area (Å²) in [5.41, 5.74) is 0.487. The molecule has 4 aromatic rings. The van der Waals surface area contributed by atoms with E-state index in [4.69, 9.17) is 4.74 Å². The van der Waals surface area contributed by atoms with Gasteiger partial charge in [-0.15, -0.1) is 11.3 Å². The van der Waals surface area contributed by atoms with Crippen LogP contribution in [0.3, 0.4) is 0 Å². The topological polar surface area (TPSA) is 73.6 Å². The van der Waals surface area contributed by atoms with E-state index in [1.165, 1.54) is 15.9 Å². The van der Waals surface area contributed by atoms with Crippen molar-refractivity contribution in [3.8, 4) is 5.75 Å². The Kier molecular flexibility index (Phi) is 5.31. The highest BCUT2D eigenvalue weighted by molar-refractivity contribution is 7.15. The number of hydrogen-bond donors (Lipinski definition) is 0. The molecule has 0 saturated carbocycles. The monoisotopic (exact) mass is 411 g/mol. The van der Waals surface area contributed by atoms with E-state index in [1.807, 2.05) is 41.8 Å². The van der Waals surface area contributed by atoms with Crippen LogP contribution in [-0.2, 0) is 6.42 Å². The smallest absolute Gasteiger partial charge is 0.296 e. The second kappa shape index (κ2) is 8.04. The van der Waals surface area contributed by atoms with E-state index in [1.54, 1.807) is 17.4 Å². The van der Waals surface area contributed by atoms with Crippen LogP contribution in [0.4, 0.5) is 0 Å². The molecule has 3 heterocycles. The van der Waals surface area contributed by atoms with Crippen molar-refractivity contribution >= 4 is 33.7 Å². The third kappa shape index (κ3) is 3.88. The Hall–Kier alpha value is -2.84. The van der Waals surface area contributed by atoms with Gasteiger partial charge in [0.1, 0.15) is 11.4 Å². The van der Waals surface area contributed by atoms with Crippen LogP contribution in [0.1, 0.15) is 29.5 Å². The van der Waals surface area contributed by atoms with E-state index in [2.05, 4.69) is 17.0 Å². The molecular weight excluding hydrogens is 394 g/mol. The van der Waals surface area contributed by atoms with Crippen LogP contribution in [-0.4, -0.2) is 21.2 Å². The molecule has 0 amide bonds. The molecular formula is C20H17N3O3S2. The molecule has 0 atom stereocenters. The van der Waals surface area contributed by atoms with Crippen molar-refractivity contribution in [2.24, 2.45) is 0 Å². The first-order valence-electron chi connectivity index (χ1n) is 8.84. The van der Waals surface area contributed by atoms with Gasteiger partial charge in [0.25, 0.3) is 11.1 Å². The average molecular weight is 412 g/mol. The van der Waals surface area contributed by atoms with Crippen molar-refractivity contribution < 1.29 is 4.74 Å². The standard InChI is InChI=1S/C20H17N3O3S2/c1-2-9-26-14-7-5-13(6-8-14)11-16-18(24)21-20-23(22-16)19(25)17(28-20)12-15-4-3-10-27-15/h3-8,10,12H,2,9,11H2,1H3/b17-12-. The molecule has 6 nitrogen and oxygen atoms in total. The lowest BCUT2D eigenvalue weighted by molar-refractivity contribution is 0.317. The molecule has 0 spiro atoms. The summed E-state index contributed by atoms with van der Waals surface area (Å²) in [6, 6.07) is 11.4. The van der Waals surface area contributed by atoms with Crippen LogP contribution < -0.4 is 20.4 Å². The zero-order valence-electron chi connectivity index (χ0n) is 15.1. The minimum atomic E-state index is -0.407. The van der Waals surface area contributed by atoms with Gasteiger partial charge in [-0.3, -0.25) is 9.59 Å². The Morgan fingerprint density at radius 3 is 2.71 bits per heavy atom. The molecule has 0 aliphatic heterocycles. The van der Waals surface area contributed by atoms with Gasteiger partial charge in [0.15, 0.2) is 0 Å². The number of rotatable bonds is 6. The Bertz CT molecular complexity index is 1260. The third-order valence-corrected chi connectivity index (χ3v) is 5.81. The van der Waals surface area contributed by atoms with Gasteiger partial charge < -0.3 is 4.74 Å². The molecule has 0 aliphatic rings. The predicted molar refractivity (Wildman–Crippen MR) is 112 cm³/mol. The Labute approximate surface area is 168 Å². The summed E-state index contributed by atoms with van der Waals surface area (Å²) in [7, 11) is 0. The molecule has 0 bridgehead atoms. The quantitative estimate of drug-likeness (QED) is 0.487. The Morgan fingerprint density at radius 1 is 1.18 bits per heavy atom. The summed E-state index contributed by atoms with van der Waals surface area (Å²) in [6.45, 7) is 2.72. The highest BCUT2D eigenvalue weighted by atomic mass is 32.1. The maximum atomic E-state index is 12.6. The van der Waals surface area contributed by atoms with Crippen LogP contribution in [0.15, 0.2) is 51.4 Å². The molecule has 3 aromatic heterocycles. The van der Waals surface area contributed by atoms with Gasteiger partial charge in [0.2, 0.25) is 4.96 Å². The summed E-state index contributed by atoms with van der Waals surface area (Å²) in [4.78, 5) is 30.4. The molecule has 28 heavy (non-hydrogen) atoms. The van der Waals surface area contributed by atoms with Gasteiger partial charge in [0, 0.05) is 11.3 Å². The van der Waals surface area contributed by atoms with Crippen LogP contribution in [0.5, 0.6) is 5.75 Å². The van der Waals surface area contributed by atoms with E-state index in [0.29, 0.717) is 22.5 Å². The maximum Gasteiger partial charge on any atom is 0.296 e. The molecule has 8 heteroatoms. The highest BCUT2D eigenvalue weighted by Gasteiger charge is 2.12. The molecule has 0 N–H and O–H groups in total. The van der Waals surface area contributed by atoms with Gasteiger partial charge >= 0.3 is 0 Å². The van der Waals surface area contributed by atoms with Crippen LogP contribution in [0.25, 0.3) is 11.0 Å². The first-order valence-corrected chi connectivity index (χ1v) is 10.5. The first-order chi connectivity index (χ1) is 13.6. The number of aromatic nitrogens is 3. The number of benzene rings is 1. The van der Waals surface area contributed by atoms with Gasteiger partial charge in [-0.2, -0.15) is 14.6 Å². The minimum Gasteiger partial charge on any atom is -0.494 e. The highest BCUT2D eigenvalue weighted by Crippen LogP contribution is 2.14. The molecule has 0 saturated heterocycles. The third-order valence-electron chi connectivity index (χ3n) is 4.03. The first kappa shape index (κ1) is 18.5. The number of fused-ring (bicyclic) bond motifs is 1. The van der Waals surface area contributed by atoms with Crippen molar-refractivity contribution in [2.45, 2.75) is 19.8 Å². The molecule has 0 radical (unpaired) electrons. The van der Waals surface area contributed by atoms with Crippen LogP contribution in [0.2, 0.25) is 0 Å². The molecule has 4 rings (SSSR count). The van der Waals surface area contributed by atoms with E-state index in [9.17, 15) is 9.59 Å². The number of hydrogen-bond acceptors (Lipinski definition) is 7. The normalized spacial score (nSPS) is 12.0. The van der Waals surface area contributed by atoms with Crippen molar-refractivity contribution in [2.75, 3.05) is 6.61 Å². The van der Waals surface area contributed by atoms with Crippen molar-refractivity contribution in [1.29, 1.82) is 0 Å². The molecule has 1 aromatic carbocycles. The van der Waals surface area contributed by atoms with Crippen molar-refractivity contribution in [1.82, 2.24) is 14.6 Å². The SMILES string of the molecule is CCCOc1ccc(Cc2nn3c(=O)/c(=C/c4cccs4)sc3nc2=O)cc1. The molecule has 0 aliphatic carbocycles. The van der Waals surface area contributed by atoms with E-state index in [0.717, 1.165) is 22.6 Å². The van der Waals surface area contributed by atoms with Crippen LogP contribution >= 0.6 is 22.7 Å². The summed E-state index contributed by atoms with van der Waals surface area (Å²) >= 11 is 2.71.